The molecule has 8 N–H and O–H groups in total. The molecule has 3 atom stereocenters. The Morgan fingerprint density at radius 1 is 0.857 bits per heavy atom. The van der Waals surface area contributed by atoms with E-state index in [0.717, 1.165) is 68.4 Å². The van der Waals surface area contributed by atoms with E-state index >= 15 is 0 Å². The van der Waals surface area contributed by atoms with Gasteiger partial charge in [0.15, 0.2) is 5.96 Å². The number of benzene rings is 1. The van der Waals surface area contributed by atoms with Gasteiger partial charge in [-0.05, 0) is 76.5 Å². The van der Waals surface area contributed by atoms with Crippen molar-refractivity contribution >= 4 is 29.2 Å². The number of hydrogen-bond donors (Lipinski definition) is 5. The largest absolute Gasteiger partial charge is 0.370 e. The number of unbranched alkanes of at least 4 members (excludes halogenated alkanes) is 3. The minimum atomic E-state index is -0.759. The first-order chi connectivity index (χ1) is 20.1. The SMILES string of the molecule is CCCCC(NC(=O)C(CCCN=C(N)N)NC(=O)C(Cc1ccc(CC)cc1)N=C(C)CCCCCN)C(C)=NC. The van der Waals surface area contributed by atoms with Crippen LogP contribution >= 0.6 is 0 Å². The van der Waals surface area contributed by atoms with Crippen molar-refractivity contribution in [1.82, 2.24) is 10.6 Å². The molecular formula is C32H56N8O2. The van der Waals surface area contributed by atoms with Gasteiger partial charge in [-0.25, -0.2) is 0 Å². The molecular weight excluding hydrogens is 528 g/mol. The summed E-state index contributed by atoms with van der Waals surface area (Å²) in [5, 5.41) is 6.15. The molecule has 0 aromatic heterocycles. The number of nitrogens with one attached hydrogen (secondary N) is 2. The van der Waals surface area contributed by atoms with Crippen LogP contribution in [-0.2, 0) is 22.4 Å². The molecule has 42 heavy (non-hydrogen) atoms. The van der Waals surface area contributed by atoms with Crippen LogP contribution in [0.25, 0.3) is 0 Å². The lowest BCUT2D eigenvalue weighted by Gasteiger charge is -2.25. The van der Waals surface area contributed by atoms with Crippen LogP contribution in [0, 0.1) is 0 Å². The van der Waals surface area contributed by atoms with Crippen LogP contribution in [-0.4, -0.2) is 67.5 Å². The molecule has 0 saturated carbocycles. The van der Waals surface area contributed by atoms with Crippen LogP contribution in [0.3, 0.4) is 0 Å². The second-order valence-corrected chi connectivity index (χ2v) is 10.9. The second-order valence-electron chi connectivity index (χ2n) is 10.9. The van der Waals surface area contributed by atoms with Crippen molar-refractivity contribution in [2.24, 2.45) is 32.2 Å². The number of nitrogens with zero attached hydrogens (tertiary/aromatic N) is 3. The normalized spacial score (nSPS) is 14.1. The van der Waals surface area contributed by atoms with Crippen molar-refractivity contribution in [2.45, 2.75) is 116 Å². The number of carbonyl (C=O) groups excluding carboxylic acids is 2. The average Bonchev–Trinajstić information content (AvgIpc) is 2.98. The zero-order valence-corrected chi connectivity index (χ0v) is 26.6. The summed E-state index contributed by atoms with van der Waals surface area (Å²) >= 11 is 0. The van der Waals surface area contributed by atoms with Crippen molar-refractivity contribution in [2.75, 3.05) is 20.1 Å². The van der Waals surface area contributed by atoms with E-state index < -0.39 is 12.1 Å². The number of nitrogens with two attached hydrogens (primary N) is 3. The van der Waals surface area contributed by atoms with Crippen LogP contribution in [0.2, 0.25) is 0 Å². The molecule has 0 saturated heterocycles. The molecule has 3 unspecified atom stereocenters. The van der Waals surface area contributed by atoms with Gasteiger partial charge in [0.05, 0.1) is 6.04 Å². The smallest absolute Gasteiger partial charge is 0.245 e. The van der Waals surface area contributed by atoms with Gasteiger partial charge in [0, 0.05) is 31.4 Å². The Labute approximate surface area is 253 Å². The molecule has 0 aliphatic heterocycles. The summed E-state index contributed by atoms with van der Waals surface area (Å²) < 4.78 is 0. The van der Waals surface area contributed by atoms with Crippen LogP contribution < -0.4 is 27.8 Å². The van der Waals surface area contributed by atoms with E-state index in [9.17, 15) is 9.59 Å². The standard InChI is InChI=1S/C32H56N8O2/c1-6-8-14-27(24(4)36-5)39-30(41)28(15-12-21-37-32(34)35)40-31(42)29(38-23(3)13-10-9-11-20-33)22-26-18-16-25(7-2)17-19-26/h16-19,27-29H,6-15,20-22,33H2,1-5H3,(H,39,41)(H,40,42)(H4,34,35,37). The quantitative estimate of drug-likeness (QED) is 0.0844. The third-order valence-corrected chi connectivity index (χ3v) is 7.38. The molecule has 2 amide bonds. The fourth-order valence-electron chi connectivity index (χ4n) is 4.63. The van der Waals surface area contributed by atoms with Crippen molar-refractivity contribution in [3.63, 3.8) is 0 Å². The lowest BCUT2D eigenvalue weighted by Crippen LogP contribution is -2.53. The number of carbonyl (C=O) groups is 2. The second kappa shape index (κ2) is 21.4. The first-order valence-electron chi connectivity index (χ1n) is 15.6. The van der Waals surface area contributed by atoms with E-state index in [2.05, 4.69) is 58.7 Å². The minimum Gasteiger partial charge on any atom is -0.370 e. The van der Waals surface area contributed by atoms with Crippen molar-refractivity contribution in [3.05, 3.63) is 35.4 Å². The highest BCUT2D eigenvalue weighted by atomic mass is 16.2. The summed E-state index contributed by atoms with van der Waals surface area (Å²) in [5.41, 5.74) is 20.6. The van der Waals surface area contributed by atoms with Gasteiger partial charge >= 0.3 is 0 Å². The monoisotopic (exact) mass is 584 g/mol. The third kappa shape index (κ3) is 15.1. The molecule has 0 fully saturated rings. The van der Waals surface area contributed by atoms with Gasteiger partial charge in [0.2, 0.25) is 11.8 Å². The molecule has 10 nitrogen and oxygen atoms in total. The molecule has 1 aromatic rings. The highest BCUT2D eigenvalue weighted by molar-refractivity contribution is 5.95. The van der Waals surface area contributed by atoms with E-state index in [1.54, 1.807) is 7.05 Å². The summed E-state index contributed by atoms with van der Waals surface area (Å²) in [6.07, 6.45) is 8.82. The van der Waals surface area contributed by atoms with Crippen molar-refractivity contribution < 1.29 is 9.59 Å². The van der Waals surface area contributed by atoms with Crippen molar-refractivity contribution in [1.29, 1.82) is 0 Å². The van der Waals surface area contributed by atoms with Crippen LogP contribution in [0.15, 0.2) is 39.2 Å². The van der Waals surface area contributed by atoms with Gasteiger partial charge in [-0.2, -0.15) is 0 Å². The Balaban J connectivity index is 3.21. The van der Waals surface area contributed by atoms with Gasteiger partial charge < -0.3 is 27.8 Å². The van der Waals surface area contributed by atoms with E-state index in [4.69, 9.17) is 22.2 Å². The molecule has 0 aliphatic carbocycles. The van der Waals surface area contributed by atoms with E-state index in [1.165, 1.54) is 5.56 Å². The molecule has 0 aliphatic rings. The Hall–Kier alpha value is -3.27. The van der Waals surface area contributed by atoms with Gasteiger partial charge in [0.1, 0.15) is 12.1 Å². The average molecular weight is 585 g/mol. The Kier molecular flexibility index (Phi) is 18.8. The fraction of sp³-hybridized carbons (Fsp3) is 0.656. The molecule has 0 bridgehead atoms. The van der Waals surface area contributed by atoms with Gasteiger partial charge in [-0.3, -0.25) is 24.6 Å². The molecule has 0 radical (unpaired) electrons. The maximum absolute atomic E-state index is 13.8. The molecule has 0 heterocycles. The van der Waals surface area contributed by atoms with Crippen LogP contribution in [0.1, 0.15) is 96.6 Å². The summed E-state index contributed by atoms with van der Waals surface area (Å²) in [7, 11) is 1.73. The minimum absolute atomic E-state index is 0.000112. The topological polar surface area (TPSA) is 173 Å². The number of hydrogen-bond acceptors (Lipinski definition) is 6. The molecule has 0 spiro atoms. The number of guanidine groups is 1. The predicted molar refractivity (Wildman–Crippen MR) is 176 cm³/mol. The van der Waals surface area contributed by atoms with E-state index in [1.807, 2.05) is 13.8 Å². The summed E-state index contributed by atoms with van der Waals surface area (Å²) in [4.78, 5) is 40.6. The molecule has 236 valence electrons. The highest BCUT2D eigenvalue weighted by Gasteiger charge is 2.27. The Bertz CT molecular complexity index is 1020. The zero-order valence-electron chi connectivity index (χ0n) is 26.6. The number of amides is 2. The van der Waals surface area contributed by atoms with Crippen LogP contribution in [0.5, 0.6) is 0 Å². The fourth-order valence-corrected chi connectivity index (χ4v) is 4.63. The zero-order chi connectivity index (χ0) is 31.3. The van der Waals surface area contributed by atoms with Gasteiger partial charge in [-0.15, -0.1) is 0 Å². The Morgan fingerprint density at radius 3 is 2.10 bits per heavy atom. The first-order valence-corrected chi connectivity index (χ1v) is 15.6. The Morgan fingerprint density at radius 2 is 1.50 bits per heavy atom. The van der Waals surface area contributed by atoms with Gasteiger partial charge in [-0.1, -0.05) is 57.4 Å². The predicted octanol–water partition coefficient (Wildman–Crippen LogP) is 3.44. The number of aliphatic imine (C=N–C) groups is 3. The van der Waals surface area contributed by atoms with E-state index in [-0.39, 0.29) is 23.8 Å². The molecule has 10 heteroatoms. The lowest BCUT2D eigenvalue weighted by molar-refractivity contribution is -0.130. The maximum atomic E-state index is 13.8. The summed E-state index contributed by atoms with van der Waals surface area (Å²) in [5.74, 6) is -0.519. The first kappa shape index (κ1) is 36.8. The molecule has 1 aromatic carbocycles. The van der Waals surface area contributed by atoms with Crippen LogP contribution in [0.4, 0.5) is 0 Å². The number of aryl methyl sites for hydroxylation is 1. The summed E-state index contributed by atoms with van der Waals surface area (Å²) in [6.45, 7) is 9.14. The van der Waals surface area contributed by atoms with Gasteiger partial charge in [0.25, 0.3) is 0 Å². The lowest BCUT2D eigenvalue weighted by atomic mass is 10.0. The number of rotatable bonds is 21. The van der Waals surface area contributed by atoms with Crippen molar-refractivity contribution in [3.8, 4) is 0 Å². The molecule has 1 rings (SSSR count). The van der Waals surface area contributed by atoms with E-state index in [0.29, 0.717) is 32.4 Å². The summed E-state index contributed by atoms with van der Waals surface area (Å²) in [6, 6.07) is 6.66. The third-order valence-electron chi connectivity index (χ3n) is 7.38. The maximum Gasteiger partial charge on any atom is 0.245 e. The highest BCUT2D eigenvalue weighted by Crippen LogP contribution is 2.13.